The van der Waals surface area contributed by atoms with Crippen molar-refractivity contribution >= 4 is 5.69 Å². The Labute approximate surface area is 127 Å². The second-order valence-electron chi connectivity index (χ2n) is 6.66. The third kappa shape index (κ3) is 3.64. The molecule has 0 radical (unpaired) electrons. The average molecular weight is 286 g/mol. The van der Waals surface area contributed by atoms with Crippen molar-refractivity contribution in [1.29, 1.82) is 0 Å². The number of hydrogen-bond acceptors (Lipinski definition) is 3. The smallest absolute Gasteiger partial charge is 0.0731 e. The lowest BCUT2D eigenvalue weighted by Gasteiger charge is -2.23. The van der Waals surface area contributed by atoms with Crippen LogP contribution < -0.4 is 11.1 Å². The molecular weight excluding hydrogens is 260 g/mol. The standard InChI is InChI=1S/C17H26N4/c1-12-6-8-13(9-7-12)19-15(10-18)14-11-21(5)20-16(14)17(2,3)4/h6-9,11,15,19H,10,18H2,1-5H3. The molecule has 0 aliphatic heterocycles. The van der Waals surface area contributed by atoms with Crippen molar-refractivity contribution < 1.29 is 0 Å². The van der Waals surface area contributed by atoms with Crippen LogP contribution >= 0.6 is 0 Å². The molecule has 114 valence electrons. The molecule has 1 unspecified atom stereocenters. The van der Waals surface area contributed by atoms with Gasteiger partial charge in [0.25, 0.3) is 0 Å². The Hall–Kier alpha value is -1.81. The molecule has 1 atom stereocenters. The summed E-state index contributed by atoms with van der Waals surface area (Å²) in [5, 5.41) is 8.15. The van der Waals surface area contributed by atoms with E-state index in [1.54, 1.807) is 0 Å². The second kappa shape index (κ2) is 5.90. The summed E-state index contributed by atoms with van der Waals surface area (Å²) in [4.78, 5) is 0. The van der Waals surface area contributed by atoms with Gasteiger partial charge in [0.2, 0.25) is 0 Å². The van der Waals surface area contributed by atoms with E-state index in [2.05, 4.69) is 68.6 Å². The van der Waals surface area contributed by atoms with Crippen molar-refractivity contribution in [1.82, 2.24) is 9.78 Å². The molecule has 0 saturated heterocycles. The molecule has 1 aromatic heterocycles. The molecule has 4 nitrogen and oxygen atoms in total. The number of hydrogen-bond donors (Lipinski definition) is 2. The molecule has 4 heteroatoms. The van der Waals surface area contributed by atoms with Crippen molar-refractivity contribution in [3.05, 3.63) is 47.3 Å². The predicted molar refractivity (Wildman–Crippen MR) is 88.5 cm³/mol. The van der Waals surface area contributed by atoms with Crippen LogP contribution in [0.4, 0.5) is 5.69 Å². The van der Waals surface area contributed by atoms with E-state index in [0.717, 1.165) is 11.4 Å². The maximum atomic E-state index is 6.00. The van der Waals surface area contributed by atoms with Gasteiger partial charge in [0, 0.05) is 36.5 Å². The van der Waals surface area contributed by atoms with Crippen LogP contribution in [-0.4, -0.2) is 16.3 Å². The van der Waals surface area contributed by atoms with Crippen molar-refractivity contribution in [3.63, 3.8) is 0 Å². The minimum Gasteiger partial charge on any atom is -0.377 e. The van der Waals surface area contributed by atoms with Gasteiger partial charge in [-0.15, -0.1) is 0 Å². The molecule has 0 fully saturated rings. The molecule has 0 aliphatic carbocycles. The highest BCUT2D eigenvalue weighted by atomic mass is 15.3. The molecule has 21 heavy (non-hydrogen) atoms. The molecule has 0 saturated carbocycles. The molecule has 1 aromatic carbocycles. The summed E-state index contributed by atoms with van der Waals surface area (Å²) in [7, 11) is 1.96. The monoisotopic (exact) mass is 286 g/mol. The van der Waals surface area contributed by atoms with Crippen LogP contribution in [-0.2, 0) is 12.5 Å². The van der Waals surface area contributed by atoms with Gasteiger partial charge in [-0.05, 0) is 19.1 Å². The lowest BCUT2D eigenvalue weighted by molar-refractivity contribution is 0.544. The molecule has 1 heterocycles. The van der Waals surface area contributed by atoms with Gasteiger partial charge in [-0.3, -0.25) is 4.68 Å². The number of anilines is 1. The maximum Gasteiger partial charge on any atom is 0.0731 e. The van der Waals surface area contributed by atoms with Gasteiger partial charge in [-0.25, -0.2) is 0 Å². The Balaban J connectivity index is 2.31. The fourth-order valence-electron chi connectivity index (χ4n) is 2.46. The van der Waals surface area contributed by atoms with Crippen molar-refractivity contribution in [3.8, 4) is 0 Å². The molecule has 2 rings (SSSR count). The van der Waals surface area contributed by atoms with Crippen LogP contribution in [0.15, 0.2) is 30.5 Å². The normalized spacial score (nSPS) is 13.2. The van der Waals surface area contributed by atoms with E-state index in [0.29, 0.717) is 6.54 Å². The van der Waals surface area contributed by atoms with Gasteiger partial charge >= 0.3 is 0 Å². The Morgan fingerprint density at radius 2 is 1.86 bits per heavy atom. The highest BCUT2D eigenvalue weighted by Crippen LogP contribution is 2.29. The minimum absolute atomic E-state index is 0.00102. The van der Waals surface area contributed by atoms with Crippen molar-refractivity contribution in [2.24, 2.45) is 12.8 Å². The molecule has 0 bridgehead atoms. The van der Waals surface area contributed by atoms with E-state index in [-0.39, 0.29) is 11.5 Å². The summed E-state index contributed by atoms with van der Waals surface area (Å²) in [5.74, 6) is 0. The highest BCUT2D eigenvalue weighted by Gasteiger charge is 2.26. The number of aromatic nitrogens is 2. The Morgan fingerprint density at radius 3 is 2.38 bits per heavy atom. The van der Waals surface area contributed by atoms with E-state index >= 15 is 0 Å². The van der Waals surface area contributed by atoms with E-state index in [9.17, 15) is 0 Å². The van der Waals surface area contributed by atoms with Gasteiger partial charge in [0.05, 0.1) is 11.7 Å². The maximum absolute atomic E-state index is 6.00. The third-order valence-corrected chi connectivity index (χ3v) is 3.57. The number of nitrogens with one attached hydrogen (secondary N) is 1. The summed E-state index contributed by atoms with van der Waals surface area (Å²) in [6, 6.07) is 8.44. The zero-order valence-corrected chi connectivity index (χ0v) is 13.6. The van der Waals surface area contributed by atoms with E-state index in [1.165, 1.54) is 11.1 Å². The highest BCUT2D eigenvalue weighted by molar-refractivity contribution is 5.47. The Bertz CT molecular complexity index is 590. The quantitative estimate of drug-likeness (QED) is 0.908. The largest absolute Gasteiger partial charge is 0.377 e. The number of benzene rings is 1. The number of rotatable bonds is 4. The van der Waals surface area contributed by atoms with Crippen LogP contribution in [0.3, 0.4) is 0 Å². The van der Waals surface area contributed by atoms with Crippen molar-refractivity contribution in [2.45, 2.75) is 39.2 Å². The third-order valence-electron chi connectivity index (χ3n) is 3.57. The fraction of sp³-hybridized carbons (Fsp3) is 0.471. The average Bonchev–Trinajstić information content (AvgIpc) is 2.80. The fourth-order valence-corrected chi connectivity index (χ4v) is 2.46. The summed E-state index contributed by atoms with van der Waals surface area (Å²) in [5.41, 5.74) is 10.6. The van der Waals surface area contributed by atoms with Gasteiger partial charge in [-0.1, -0.05) is 38.5 Å². The summed E-state index contributed by atoms with van der Waals surface area (Å²) in [6.07, 6.45) is 2.07. The molecule has 0 amide bonds. The summed E-state index contributed by atoms with van der Waals surface area (Å²) in [6.45, 7) is 9.15. The van der Waals surface area contributed by atoms with E-state index in [1.807, 2.05) is 11.7 Å². The second-order valence-corrected chi connectivity index (χ2v) is 6.66. The Morgan fingerprint density at radius 1 is 1.24 bits per heavy atom. The molecule has 0 aliphatic rings. The van der Waals surface area contributed by atoms with Gasteiger partial charge in [-0.2, -0.15) is 5.10 Å². The van der Waals surface area contributed by atoms with Gasteiger partial charge < -0.3 is 11.1 Å². The first kappa shape index (κ1) is 15.6. The lowest BCUT2D eigenvalue weighted by Crippen LogP contribution is -2.24. The van der Waals surface area contributed by atoms with Gasteiger partial charge in [0.15, 0.2) is 0 Å². The van der Waals surface area contributed by atoms with E-state index in [4.69, 9.17) is 5.73 Å². The van der Waals surface area contributed by atoms with Crippen LogP contribution in [0, 0.1) is 6.92 Å². The first-order valence-electron chi connectivity index (χ1n) is 7.38. The molecule has 0 spiro atoms. The molecule has 2 aromatic rings. The zero-order valence-electron chi connectivity index (χ0n) is 13.6. The number of aryl methyl sites for hydroxylation is 2. The minimum atomic E-state index is -0.00102. The Kier molecular flexibility index (Phi) is 4.37. The summed E-state index contributed by atoms with van der Waals surface area (Å²) >= 11 is 0. The number of nitrogens with zero attached hydrogens (tertiary/aromatic N) is 2. The van der Waals surface area contributed by atoms with Crippen molar-refractivity contribution in [2.75, 3.05) is 11.9 Å². The van der Waals surface area contributed by atoms with E-state index < -0.39 is 0 Å². The zero-order chi connectivity index (χ0) is 15.6. The molecular formula is C17H26N4. The lowest BCUT2D eigenvalue weighted by atomic mass is 9.87. The van der Waals surface area contributed by atoms with Gasteiger partial charge in [0.1, 0.15) is 0 Å². The van der Waals surface area contributed by atoms with Crippen LogP contribution in [0.2, 0.25) is 0 Å². The SMILES string of the molecule is Cc1ccc(NC(CN)c2cn(C)nc2C(C)(C)C)cc1. The van der Waals surface area contributed by atoms with Crippen LogP contribution in [0.1, 0.15) is 43.6 Å². The first-order valence-corrected chi connectivity index (χ1v) is 7.38. The van der Waals surface area contributed by atoms with Crippen LogP contribution in [0.5, 0.6) is 0 Å². The molecule has 3 N–H and O–H groups in total. The first-order chi connectivity index (χ1) is 9.81. The van der Waals surface area contributed by atoms with Crippen LogP contribution in [0.25, 0.3) is 0 Å². The predicted octanol–water partition coefficient (Wildman–Crippen LogP) is 3.14. The number of nitrogens with two attached hydrogens (primary N) is 1. The topological polar surface area (TPSA) is 55.9 Å². The summed E-state index contributed by atoms with van der Waals surface area (Å²) < 4.78 is 1.87.